The van der Waals surface area contributed by atoms with Gasteiger partial charge in [0.2, 0.25) is 5.91 Å². The van der Waals surface area contributed by atoms with E-state index in [9.17, 15) is 27.9 Å². The normalized spacial score (nSPS) is 24.3. The summed E-state index contributed by atoms with van der Waals surface area (Å²) in [7, 11) is 0. The third-order valence-corrected chi connectivity index (χ3v) is 6.77. The van der Waals surface area contributed by atoms with Crippen LogP contribution in [0.3, 0.4) is 0 Å². The van der Waals surface area contributed by atoms with Gasteiger partial charge in [0.25, 0.3) is 0 Å². The molecule has 0 unspecified atom stereocenters. The number of halogens is 3. The van der Waals surface area contributed by atoms with Gasteiger partial charge in [0.15, 0.2) is 5.13 Å². The first-order chi connectivity index (χ1) is 12.8. The number of hydrogen-bond donors (Lipinski definition) is 2. The Morgan fingerprint density at radius 3 is 2.57 bits per heavy atom. The number of carboxylic acids is 1. The molecule has 0 aliphatic heterocycles. The maximum Gasteiger partial charge on any atom is 0.573 e. The highest BCUT2D eigenvalue weighted by atomic mass is 32.1. The third kappa shape index (κ3) is 3.52. The fourth-order valence-corrected chi connectivity index (χ4v) is 4.59. The van der Waals surface area contributed by atoms with Crippen molar-refractivity contribution in [3.05, 3.63) is 18.2 Å². The van der Waals surface area contributed by atoms with Crippen molar-refractivity contribution >= 4 is 38.6 Å². The van der Waals surface area contributed by atoms with Crippen LogP contribution in [0.4, 0.5) is 18.3 Å². The highest BCUT2D eigenvalue weighted by Gasteiger charge is 2.58. The predicted molar refractivity (Wildman–Crippen MR) is 97.2 cm³/mol. The molecule has 3 rings (SSSR count). The highest BCUT2D eigenvalue weighted by molar-refractivity contribution is 7.22. The average molecular weight is 416 g/mol. The Balaban J connectivity index is 1.79. The van der Waals surface area contributed by atoms with E-state index in [1.165, 1.54) is 12.1 Å². The van der Waals surface area contributed by atoms with E-state index >= 15 is 0 Å². The molecule has 1 aromatic heterocycles. The van der Waals surface area contributed by atoms with Gasteiger partial charge in [0.05, 0.1) is 15.6 Å². The van der Waals surface area contributed by atoms with Crippen LogP contribution in [-0.4, -0.2) is 28.3 Å². The van der Waals surface area contributed by atoms with Crippen molar-refractivity contribution < 1.29 is 32.6 Å². The molecule has 0 spiro atoms. The van der Waals surface area contributed by atoms with E-state index in [4.69, 9.17) is 0 Å². The van der Waals surface area contributed by atoms with Crippen molar-refractivity contribution in [2.24, 2.45) is 16.7 Å². The number of thiazole rings is 1. The van der Waals surface area contributed by atoms with Crippen molar-refractivity contribution in [3.8, 4) is 5.75 Å². The summed E-state index contributed by atoms with van der Waals surface area (Å²) in [6.45, 7) is 5.16. The molecule has 0 saturated heterocycles. The van der Waals surface area contributed by atoms with Crippen molar-refractivity contribution in [2.75, 3.05) is 5.32 Å². The van der Waals surface area contributed by atoms with Crippen molar-refractivity contribution in [3.63, 3.8) is 0 Å². The summed E-state index contributed by atoms with van der Waals surface area (Å²) in [6, 6.07) is 3.74. The Morgan fingerprint density at radius 2 is 2.00 bits per heavy atom. The van der Waals surface area contributed by atoms with Crippen LogP contribution in [0.2, 0.25) is 0 Å². The lowest BCUT2D eigenvalue weighted by Gasteiger charge is -2.37. The quantitative estimate of drug-likeness (QED) is 0.757. The Kier molecular flexibility index (Phi) is 4.81. The first kappa shape index (κ1) is 20.4. The molecule has 0 radical (unpaired) electrons. The van der Waals surface area contributed by atoms with Crippen LogP contribution in [0.25, 0.3) is 10.2 Å². The van der Waals surface area contributed by atoms with Crippen molar-refractivity contribution in [1.82, 2.24) is 4.98 Å². The van der Waals surface area contributed by atoms with Gasteiger partial charge in [-0.3, -0.25) is 9.59 Å². The molecule has 2 atom stereocenters. The molecule has 1 aromatic carbocycles. The molecular weight excluding hydrogens is 397 g/mol. The minimum Gasteiger partial charge on any atom is -0.481 e. The molecule has 1 aliphatic carbocycles. The lowest BCUT2D eigenvalue weighted by molar-refractivity contribution is -0.274. The molecule has 1 fully saturated rings. The van der Waals surface area contributed by atoms with Gasteiger partial charge in [-0.2, -0.15) is 0 Å². The number of fused-ring (bicyclic) bond motifs is 1. The number of aliphatic carboxylic acids is 1. The predicted octanol–water partition coefficient (Wildman–Crippen LogP) is 4.66. The number of nitrogens with one attached hydrogen (secondary N) is 1. The van der Waals surface area contributed by atoms with Crippen LogP contribution < -0.4 is 10.1 Å². The molecule has 1 amide bonds. The molecule has 1 aliphatic rings. The number of benzene rings is 1. The number of hydrogen-bond acceptors (Lipinski definition) is 5. The van der Waals surface area contributed by atoms with E-state index in [-0.39, 0.29) is 16.8 Å². The smallest absolute Gasteiger partial charge is 0.481 e. The van der Waals surface area contributed by atoms with E-state index in [1.54, 1.807) is 20.8 Å². The van der Waals surface area contributed by atoms with E-state index in [0.717, 1.165) is 17.4 Å². The van der Waals surface area contributed by atoms with Crippen LogP contribution in [-0.2, 0) is 9.59 Å². The summed E-state index contributed by atoms with van der Waals surface area (Å²) in [5.74, 6) is -2.17. The fourth-order valence-electron chi connectivity index (χ4n) is 3.69. The number of carboxylic acid groups (broad SMARTS) is 1. The summed E-state index contributed by atoms with van der Waals surface area (Å²) in [6.07, 6.45) is -3.98. The third-order valence-electron chi connectivity index (χ3n) is 5.84. The maximum absolute atomic E-state index is 12.8. The average Bonchev–Trinajstić information content (AvgIpc) is 3.04. The highest BCUT2D eigenvalue weighted by Crippen LogP contribution is 2.56. The SMILES string of the molecule is CC1(C)[C@H](C(=O)Nc2nc3ccc(OC(F)(F)F)cc3s2)CC[C@]1(C)C(=O)O. The van der Waals surface area contributed by atoms with E-state index in [2.05, 4.69) is 15.0 Å². The summed E-state index contributed by atoms with van der Waals surface area (Å²) < 4.78 is 41.4. The minimum atomic E-state index is -4.79. The van der Waals surface area contributed by atoms with Crippen LogP contribution in [0, 0.1) is 16.7 Å². The van der Waals surface area contributed by atoms with Gasteiger partial charge in [-0.25, -0.2) is 4.98 Å². The van der Waals surface area contributed by atoms with Crippen molar-refractivity contribution in [1.29, 1.82) is 0 Å². The molecule has 152 valence electrons. The molecule has 2 aromatic rings. The zero-order valence-corrected chi connectivity index (χ0v) is 16.2. The van der Waals surface area contributed by atoms with E-state index in [0.29, 0.717) is 23.1 Å². The van der Waals surface area contributed by atoms with Crippen LogP contribution in [0.5, 0.6) is 5.75 Å². The largest absolute Gasteiger partial charge is 0.573 e. The molecule has 6 nitrogen and oxygen atoms in total. The number of aromatic nitrogens is 1. The van der Waals surface area contributed by atoms with E-state index in [1.807, 2.05) is 0 Å². The first-order valence-corrected chi connectivity index (χ1v) is 9.36. The number of carbonyl (C=O) groups is 2. The molecule has 1 saturated carbocycles. The second kappa shape index (κ2) is 6.61. The van der Waals surface area contributed by atoms with Gasteiger partial charge >= 0.3 is 12.3 Å². The number of amides is 1. The Morgan fingerprint density at radius 1 is 1.32 bits per heavy atom. The summed E-state index contributed by atoms with van der Waals surface area (Å²) >= 11 is 1.02. The van der Waals surface area contributed by atoms with Gasteiger partial charge in [-0.15, -0.1) is 13.2 Å². The number of nitrogens with zero attached hydrogens (tertiary/aromatic N) is 1. The maximum atomic E-state index is 12.8. The Labute approximate surface area is 162 Å². The van der Waals surface area contributed by atoms with Crippen LogP contribution >= 0.6 is 11.3 Å². The lowest BCUT2D eigenvalue weighted by Crippen LogP contribution is -2.43. The number of alkyl halides is 3. The Bertz CT molecular complexity index is 941. The van der Waals surface area contributed by atoms with Gasteiger partial charge < -0.3 is 15.2 Å². The summed E-state index contributed by atoms with van der Waals surface area (Å²) in [5.41, 5.74) is -1.37. The number of ether oxygens (including phenoxy) is 1. The minimum absolute atomic E-state index is 0.240. The zero-order chi connectivity index (χ0) is 20.9. The molecule has 10 heteroatoms. The first-order valence-electron chi connectivity index (χ1n) is 8.54. The Hall–Kier alpha value is -2.36. The number of rotatable bonds is 4. The van der Waals surface area contributed by atoms with Gasteiger partial charge in [-0.05, 0) is 37.3 Å². The second-order valence-corrected chi connectivity index (χ2v) is 8.67. The fraction of sp³-hybridized carbons (Fsp3) is 0.500. The molecule has 1 heterocycles. The topological polar surface area (TPSA) is 88.5 Å². The zero-order valence-electron chi connectivity index (χ0n) is 15.4. The second-order valence-electron chi connectivity index (χ2n) is 7.64. The standard InChI is InChI=1S/C18H19F3N2O4S/c1-16(2)10(6-7-17(16,3)14(25)26)13(24)23-15-22-11-5-4-9(8-12(11)28-15)27-18(19,20)21/h4-5,8,10H,6-7H2,1-3H3,(H,25,26)(H,22,23,24)/t10-,17+/m0/s1. The van der Waals surface area contributed by atoms with Crippen LogP contribution in [0.15, 0.2) is 18.2 Å². The number of carbonyl (C=O) groups excluding carboxylic acids is 1. The van der Waals surface area contributed by atoms with E-state index < -0.39 is 29.1 Å². The van der Waals surface area contributed by atoms with Gasteiger partial charge in [-0.1, -0.05) is 25.2 Å². The lowest BCUT2D eigenvalue weighted by atomic mass is 9.65. The van der Waals surface area contributed by atoms with Crippen molar-refractivity contribution in [2.45, 2.75) is 40.0 Å². The summed E-state index contributed by atoms with van der Waals surface area (Å²) in [4.78, 5) is 28.7. The molecule has 2 N–H and O–H groups in total. The molecular formula is C18H19F3N2O4S. The van der Waals surface area contributed by atoms with Crippen LogP contribution in [0.1, 0.15) is 33.6 Å². The monoisotopic (exact) mass is 416 g/mol. The summed E-state index contributed by atoms with van der Waals surface area (Å²) in [5, 5.41) is 12.5. The molecule has 28 heavy (non-hydrogen) atoms. The molecule has 0 bridgehead atoms. The number of anilines is 1. The van der Waals surface area contributed by atoms with Gasteiger partial charge in [0, 0.05) is 12.0 Å². The van der Waals surface area contributed by atoms with Gasteiger partial charge in [0.1, 0.15) is 5.75 Å².